The fourth-order valence-corrected chi connectivity index (χ4v) is 3.78. The highest BCUT2D eigenvalue weighted by Crippen LogP contribution is 2.20. The zero-order valence-electron chi connectivity index (χ0n) is 26.4. The monoisotopic (exact) mass is 649 g/mol. The molecule has 11 heteroatoms. The van der Waals surface area contributed by atoms with Crippen molar-refractivity contribution < 1.29 is 28.6 Å². The molecule has 3 N–H and O–H groups in total. The van der Waals surface area contributed by atoms with Crippen LogP contribution in [0, 0.1) is 20.8 Å². The summed E-state index contributed by atoms with van der Waals surface area (Å²) in [7, 11) is 3.31. The number of carbonyl (C=O) groups is 3. The molecule has 0 saturated carbocycles. The molecule has 0 saturated heterocycles. The molecule has 9 nitrogen and oxygen atoms in total. The number of carbonyl (C=O) groups excluding carboxylic acids is 3. The summed E-state index contributed by atoms with van der Waals surface area (Å²) < 4.78 is 14.7. The number of benzene rings is 2. The quantitative estimate of drug-likeness (QED) is 0.107. The number of ether oxygens (including phenoxy) is 3. The number of aryl methyl sites for hydroxylation is 4. The maximum Gasteiger partial charge on any atom is 0.391 e. The Kier molecular flexibility index (Phi) is 20.9. The third-order valence-corrected chi connectivity index (χ3v) is 6.23. The van der Waals surface area contributed by atoms with Crippen LogP contribution in [-0.2, 0) is 38.6 Å². The summed E-state index contributed by atoms with van der Waals surface area (Å²) in [6, 6.07) is 16.1. The fourth-order valence-electron chi connectivity index (χ4n) is 3.73. The highest BCUT2D eigenvalue weighted by molar-refractivity contribution is 6.80. The van der Waals surface area contributed by atoms with Crippen molar-refractivity contribution in [1.82, 2.24) is 10.3 Å². The third-order valence-electron chi connectivity index (χ3n) is 6.08. The van der Waals surface area contributed by atoms with E-state index in [0.717, 1.165) is 53.1 Å². The van der Waals surface area contributed by atoms with E-state index >= 15 is 0 Å². The number of amides is 1. The van der Waals surface area contributed by atoms with Crippen LogP contribution in [0.4, 0.5) is 0 Å². The van der Waals surface area contributed by atoms with Gasteiger partial charge >= 0.3 is 11.2 Å². The lowest BCUT2D eigenvalue weighted by atomic mass is 10.1. The number of nitrogens with two attached hydrogens (primary N) is 1. The minimum absolute atomic E-state index is 0. The Morgan fingerprint density at radius 1 is 0.864 bits per heavy atom. The molecular formula is C33H45Cl2N3O6. The molecule has 0 aliphatic rings. The van der Waals surface area contributed by atoms with Crippen LogP contribution in [0.2, 0.25) is 0 Å². The summed E-state index contributed by atoms with van der Waals surface area (Å²) in [5, 5.41) is 1.89. The SMILES string of the molecule is CCOC(=O)C(=O)Cl.COc1cc(C)ccc1CN.COc1cc(C)ccc1CNC(=O)CCCCc1ccc(C)cn1.Cl. The summed E-state index contributed by atoms with van der Waals surface area (Å²) in [5.74, 6) is 0.789. The van der Waals surface area contributed by atoms with Crippen LogP contribution in [0.25, 0.3) is 0 Å². The Bertz CT molecular complexity index is 1300. The molecule has 1 heterocycles. The van der Waals surface area contributed by atoms with Gasteiger partial charge in [-0.2, -0.15) is 0 Å². The molecule has 0 unspecified atom stereocenters. The molecule has 1 amide bonds. The number of aromatic nitrogens is 1. The lowest BCUT2D eigenvalue weighted by molar-refractivity contribution is -0.149. The van der Waals surface area contributed by atoms with E-state index < -0.39 is 11.2 Å². The summed E-state index contributed by atoms with van der Waals surface area (Å²) in [4.78, 5) is 36.2. The number of unbranched alkanes of at least 4 members (excludes halogenated alkanes) is 1. The smallest absolute Gasteiger partial charge is 0.391 e. The van der Waals surface area contributed by atoms with Gasteiger partial charge in [0.05, 0.1) is 20.8 Å². The Morgan fingerprint density at radius 2 is 1.43 bits per heavy atom. The van der Waals surface area contributed by atoms with Gasteiger partial charge in [0.1, 0.15) is 11.5 Å². The van der Waals surface area contributed by atoms with Crippen molar-refractivity contribution in [2.75, 3.05) is 20.8 Å². The number of pyridine rings is 1. The average Bonchev–Trinajstić information content (AvgIpc) is 3.00. The van der Waals surface area contributed by atoms with Gasteiger partial charge in [-0.1, -0.05) is 30.3 Å². The van der Waals surface area contributed by atoms with Gasteiger partial charge in [-0.15, -0.1) is 12.4 Å². The van der Waals surface area contributed by atoms with Gasteiger partial charge in [-0.3, -0.25) is 14.6 Å². The second-order valence-corrected chi connectivity index (χ2v) is 9.98. The van der Waals surface area contributed by atoms with E-state index in [1.54, 1.807) is 21.1 Å². The molecular weight excluding hydrogens is 605 g/mol. The lowest BCUT2D eigenvalue weighted by Crippen LogP contribution is -2.22. The number of esters is 1. The first-order valence-corrected chi connectivity index (χ1v) is 14.4. The Hall–Kier alpha value is -3.66. The topological polar surface area (TPSA) is 130 Å². The maximum atomic E-state index is 12.0. The Balaban J connectivity index is 0.000000764. The molecule has 0 aliphatic carbocycles. The van der Waals surface area contributed by atoms with Crippen molar-refractivity contribution in [2.45, 2.75) is 66.5 Å². The van der Waals surface area contributed by atoms with E-state index in [2.05, 4.69) is 27.2 Å². The van der Waals surface area contributed by atoms with Gasteiger partial charge in [0.15, 0.2) is 0 Å². The largest absolute Gasteiger partial charge is 0.496 e. The molecule has 0 atom stereocenters. The summed E-state index contributed by atoms with van der Waals surface area (Å²) in [6.45, 7) is 8.89. The van der Waals surface area contributed by atoms with Crippen molar-refractivity contribution in [3.63, 3.8) is 0 Å². The summed E-state index contributed by atoms with van der Waals surface area (Å²) in [5.41, 5.74) is 12.1. The van der Waals surface area contributed by atoms with Crippen molar-refractivity contribution in [3.05, 3.63) is 88.2 Å². The fraction of sp³-hybridized carbons (Fsp3) is 0.394. The first kappa shape index (κ1) is 40.3. The van der Waals surface area contributed by atoms with E-state index in [4.69, 9.17) is 26.8 Å². The molecule has 3 rings (SSSR count). The van der Waals surface area contributed by atoms with Crippen LogP contribution in [0.5, 0.6) is 11.5 Å². The second kappa shape index (κ2) is 22.8. The first-order valence-electron chi connectivity index (χ1n) is 14.1. The number of hydrogen-bond acceptors (Lipinski definition) is 8. The number of halogens is 2. The van der Waals surface area contributed by atoms with Crippen molar-refractivity contribution in [2.24, 2.45) is 5.73 Å². The Labute approximate surface area is 272 Å². The van der Waals surface area contributed by atoms with Crippen LogP contribution in [0.3, 0.4) is 0 Å². The molecule has 44 heavy (non-hydrogen) atoms. The number of hydrogen-bond donors (Lipinski definition) is 2. The van der Waals surface area contributed by atoms with Gasteiger partial charge in [0.2, 0.25) is 5.91 Å². The molecule has 0 bridgehead atoms. The summed E-state index contributed by atoms with van der Waals surface area (Å²) in [6.07, 6.45) is 5.18. The number of rotatable bonds is 12. The number of nitrogens with zero attached hydrogens (tertiary/aromatic N) is 1. The standard InChI is InChI=1S/C20H26N2O2.C9H13NO.C4H5ClO3.ClH/c1-15-8-10-17(19(12-15)24-3)14-22-20(23)7-5-4-6-18-11-9-16(2)13-21-18;1-7-3-4-8(6-10)9(5-7)11-2;1-2-8-4(7)3(5)6;/h8-13H,4-7,14H2,1-3H3,(H,22,23);3-5H,6,10H2,1-2H3;2H2,1H3;1H. The summed E-state index contributed by atoms with van der Waals surface area (Å²) >= 11 is 4.69. The van der Waals surface area contributed by atoms with E-state index in [9.17, 15) is 14.4 Å². The van der Waals surface area contributed by atoms with Gasteiger partial charge in [-0.25, -0.2) is 4.79 Å². The van der Waals surface area contributed by atoms with Crippen LogP contribution in [-0.4, -0.2) is 42.9 Å². The maximum absolute atomic E-state index is 12.0. The van der Waals surface area contributed by atoms with Crippen LogP contribution in [0.15, 0.2) is 54.7 Å². The predicted molar refractivity (Wildman–Crippen MR) is 176 cm³/mol. The molecule has 2 aromatic carbocycles. The minimum atomic E-state index is -1.08. The second-order valence-electron chi connectivity index (χ2n) is 9.64. The molecule has 0 radical (unpaired) electrons. The van der Waals surface area contributed by atoms with Crippen molar-refractivity contribution >= 4 is 41.1 Å². The highest BCUT2D eigenvalue weighted by Gasteiger charge is 2.09. The first-order chi connectivity index (χ1) is 20.5. The van der Waals surface area contributed by atoms with Gasteiger partial charge in [0.25, 0.3) is 0 Å². The third kappa shape index (κ3) is 16.3. The van der Waals surface area contributed by atoms with E-state index in [1.165, 1.54) is 11.1 Å². The molecule has 242 valence electrons. The molecule has 3 aromatic rings. The number of nitrogens with one attached hydrogen (secondary N) is 1. The van der Waals surface area contributed by atoms with Gasteiger partial charge in [0, 0.05) is 42.5 Å². The average molecular weight is 651 g/mol. The van der Waals surface area contributed by atoms with Crippen LogP contribution >= 0.6 is 24.0 Å². The van der Waals surface area contributed by atoms with Crippen LogP contribution in [0.1, 0.15) is 59.7 Å². The van der Waals surface area contributed by atoms with Crippen molar-refractivity contribution in [1.29, 1.82) is 0 Å². The zero-order chi connectivity index (χ0) is 32.2. The molecule has 0 fully saturated rings. The van der Waals surface area contributed by atoms with E-state index in [1.807, 2.05) is 63.4 Å². The minimum Gasteiger partial charge on any atom is -0.496 e. The predicted octanol–water partition coefficient (Wildman–Crippen LogP) is 5.94. The number of methoxy groups -OCH3 is 2. The van der Waals surface area contributed by atoms with E-state index in [-0.39, 0.29) is 24.9 Å². The lowest BCUT2D eigenvalue weighted by Gasteiger charge is -2.10. The molecule has 1 aromatic heterocycles. The van der Waals surface area contributed by atoms with Gasteiger partial charge < -0.3 is 25.3 Å². The molecule has 0 aliphatic heterocycles. The normalized spacial score (nSPS) is 9.64. The van der Waals surface area contributed by atoms with Gasteiger partial charge in [-0.05, 0) is 93.4 Å². The zero-order valence-corrected chi connectivity index (χ0v) is 28.0. The Morgan fingerprint density at radius 3 is 1.91 bits per heavy atom. The highest BCUT2D eigenvalue weighted by atomic mass is 35.5. The van der Waals surface area contributed by atoms with Crippen LogP contribution < -0.4 is 20.5 Å². The van der Waals surface area contributed by atoms with Crippen molar-refractivity contribution in [3.8, 4) is 11.5 Å². The van der Waals surface area contributed by atoms with E-state index in [0.29, 0.717) is 19.5 Å². The molecule has 0 spiro atoms.